The maximum Gasteiger partial charge on any atom is 0.264 e. The third-order valence-electron chi connectivity index (χ3n) is 12.0. The van der Waals surface area contributed by atoms with Gasteiger partial charge in [0.1, 0.15) is 5.75 Å². The highest BCUT2D eigenvalue weighted by Crippen LogP contribution is 2.60. The van der Waals surface area contributed by atoms with Crippen molar-refractivity contribution in [3.8, 4) is 5.75 Å². The van der Waals surface area contributed by atoms with E-state index >= 15 is 4.79 Å². The second-order valence-electron chi connectivity index (χ2n) is 15.5. The lowest BCUT2D eigenvalue weighted by Crippen LogP contribution is -2.52. The van der Waals surface area contributed by atoms with Crippen LogP contribution in [0.25, 0.3) is 0 Å². The van der Waals surface area contributed by atoms with E-state index in [1.165, 1.54) is 5.19 Å². The number of hydrogen-bond acceptors (Lipinski definition) is 6. The monoisotopic (exact) mass is 745 g/mol. The molecular formula is C44H51N3O6Si. The quantitative estimate of drug-likeness (QED) is 0.169. The highest BCUT2D eigenvalue weighted by molar-refractivity contribution is 6.91. The van der Waals surface area contributed by atoms with Gasteiger partial charge in [-0.15, -0.1) is 0 Å². The lowest BCUT2D eigenvalue weighted by Gasteiger charge is -2.37. The number of rotatable bonds is 12. The van der Waals surface area contributed by atoms with E-state index < -0.39 is 19.8 Å². The van der Waals surface area contributed by atoms with Crippen molar-refractivity contribution in [3.05, 3.63) is 120 Å². The number of fused-ring (bicyclic) bond motifs is 2. The molecule has 10 heteroatoms. The number of piperidine rings is 1. The predicted molar refractivity (Wildman–Crippen MR) is 213 cm³/mol. The molecule has 0 saturated carbocycles. The maximum absolute atomic E-state index is 15.3. The third kappa shape index (κ3) is 6.87. The minimum atomic E-state index is -2.54. The molecule has 2 saturated heterocycles. The number of ether oxygens (including phenoxy) is 2. The first-order valence-electron chi connectivity index (χ1n) is 19.1. The summed E-state index contributed by atoms with van der Waals surface area (Å²) in [6, 6.07) is 33.8. The van der Waals surface area contributed by atoms with Crippen molar-refractivity contribution in [2.75, 3.05) is 36.6 Å². The first-order valence-corrected chi connectivity index (χ1v) is 22.2. The number of amides is 3. The zero-order valence-corrected chi connectivity index (χ0v) is 32.7. The summed E-state index contributed by atoms with van der Waals surface area (Å²) >= 11 is 0. The topological polar surface area (TPSA) is 99.6 Å². The van der Waals surface area contributed by atoms with E-state index in [2.05, 4.69) is 32.2 Å². The SMILES string of the molecule is COc1ccc([Si](C)(C)[C@@H]2[C@@H](CC(=O)N(CCO)Cc3ccccc3)O[C@]3(C(=O)N(Cc4ccccc4)c4ccc(N5CCCCC5=O)cc43)[C@H]2C)cc1. The molecule has 3 aliphatic heterocycles. The fraction of sp³-hybridized carbons (Fsp3) is 0.386. The van der Waals surface area contributed by atoms with Crippen molar-refractivity contribution in [3.63, 3.8) is 0 Å². The molecule has 3 aliphatic rings. The molecule has 9 nitrogen and oxygen atoms in total. The van der Waals surface area contributed by atoms with Gasteiger partial charge in [0.05, 0.1) is 46.5 Å². The summed E-state index contributed by atoms with van der Waals surface area (Å²) in [5.41, 5.74) is 2.71. The van der Waals surface area contributed by atoms with Crippen LogP contribution in [-0.4, -0.2) is 68.7 Å². The molecule has 0 radical (unpaired) electrons. The summed E-state index contributed by atoms with van der Waals surface area (Å²) in [7, 11) is -0.883. The predicted octanol–water partition coefficient (Wildman–Crippen LogP) is 6.39. The van der Waals surface area contributed by atoms with Gasteiger partial charge in [-0.05, 0) is 59.8 Å². The van der Waals surface area contributed by atoms with Gasteiger partial charge in [-0.2, -0.15) is 0 Å². The Labute approximate surface area is 319 Å². The van der Waals surface area contributed by atoms with Crippen LogP contribution in [-0.2, 0) is 37.8 Å². The van der Waals surface area contributed by atoms with Crippen LogP contribution in [0.4, 0.5) is 11.4 Å². The van der Waals surface area contributed by atoms with Gasteiger partial charge in [-0.3, -0.25) is 14.4 Å². The van der Waals surface area contributed by atoms with Gasteiger partial charge in [-0.1, -0.05) is 98.0 Å². The summed E-state index contributed by atoms with van der Waals surface area (Å²) in [5, 5.41) is 11.2. The van der Waals surface area contributed by atoms with Crippen LogP contribution in [0.15, 0.2) is 103 Å². The maximum atomic E-state index is 15.3. The Kier molecular flexibility index (Phi) is 10.8. The van der Waals surface area contributed by atoms with Gasteiger partial charge < -0.3 is 29.3 Å². The average Bonchev–Trinajstić information content (AvgIpc) is 3.61. The zero-order valence-electron chi connectivity index (χ0n) is 31.7. The third-order valence-corrected chi connectivity index (χ3v) is 16.3. The van der Waals surface area contributed by atoms with Gasteiger partial charge in [0.15, 0.2) is 5.60 Å². The van der Waals surface area contributed by atoms with Crippen LogP contribution < -0.4 is 19.7 Å². The number of aliphatic hydroxyl groups is 1. The fourth-order valence-electron chi connectivity index (χ4n) is 9.19. The number of carbonyl (C=O) groups excluding carboxylic acids is 3. The molecule has 4 aromatic rings. The van der Waals surface area contributed by atoms with Crippen LogP contribution in [0.3, 0.4) is 0 Å². The minimum Gasteiger partial charge on any atom is -0.497 e. The number of benzene rings is 4. The Bertz CT molecular complexity index is 1970. The van der Waals surface area contributed by atoms with Gasteiger partial charge in [0, 0.05) is 43.2 Å². The van der Waals surface area contributed by atoms with E-state index in [0.717, 1.165) is 46.7 Å². The van der Waals surface area contributed by atoms with E-state index in [1.807, 2.05) is 101 Å². The molecule has 4 aromatic carbocycles. The molecule has 282 valence electrons. The number of carbonyl (C=O) groups is 3. The van der Waals surface area contributed by atoms with Gasteiger partial charge in [0.25, 0.3) is 5.91 Å². The number of methoxy groups -OCH3 is 1. The van der Waals surface area contributed by atoms with E-state index in [0.29, 0.717) is 26.1 Å². The molecule has 0 bridgehead atoms. The normalized spacial score (nSPS) is 22.5. The number of aliphatic hydroxyl groups excluding tert-OH is 1. The van der Waals surface area contributed by atoms with Crippen LogP contribution in [0.2, 0.25) is 18.6 Å². The molecule has 3 amide bonds. The highest BCUT2D eigenvalue weighted by atomic mass is 28.3. The minimum absolute atomic E-state index is 0.0573. The Morgan fingerprint density at radius 2 is 1.63 bits per heavy atom. The van der Waals surface area contributed by atoms with Crippen molar-refractivity contribution >= 4 is 42.4 Å². The van der Waals surface area contributed by atoms with E-state index in [4.69, 9.17) is 9.47 Å². The highest BCUT2D eigenvalue weighted by Gasteiger charge is 2.66. The van der Waals surface area contributed by atoms with Crippen molar-refractivity contribution < 1.29 is 29.0 Å². The van der Waals surface area contributed by atoms with Gasteiger partial charge in [-0.25, -0.2) is 0 Å². The van der Waals surface area contributed by atoms with Crippen LogP contribution in [0, 0.1) is 5.92 Å². The first-order chi connectivity index (χ1) is 26.1. The summed E-state index contributed by atoms with van der Waals surface area (Å²) < 4.78 is 12.8. The number of hydrogen-bond donors (Lipinski definition) is 1. The smallest absolute Gasteiger partial charge is 0.264 e. The molecule has 3 heterocycles. The summed E-state index contributed by atoms with van der Waals surface area (Å²) in [4.78, 5) is 48.3. The number of anilines is 2. The van der Waals surface area contributed by atoms with Crippen molar-refractivity contribution in [2.24, 2.45) is 5.92 Å². The molecule has 0 unspecified atom stereocenters. The molecule has 0 aromatic heterocycles. The zero-order chi connectivity index (χ0) is 38.0. The standard InChI is InChI=1S/C44H51N3O6Si/c1-31-42(54(3,4)36-21-19-35(52-2)20-22-36)39(28-41(50)45(25-26-48)29-32-13-7-5-8-14-32)53-44(31)37-27-34(46-24-12-11-17-40(46)49)18-23-38(37)47(43(44)51)30-33-15-9-6-10-16-33/h5-10,13-16,18-23,27,31,39,42,48H,11-12,17,24-26,28-30H2,1-4H3/t31-,39+,42-,44+/m0/s1. The van der Waals surface area contributed by atoms with Crippen LogP contribution >= 0.6 is 0 Å². The van der Waals surface area contributed by atoms with Gasteiger partial charge >= 0.3 is 0 Å². The van der Waals surface area contributed by atoms with Crippen molar-refractivity contribution in [1.29, 1.82) is 0 Å². The van der Waals surface area contributed by atoms with Crippen molar-refractivity contribution in [1.82, 2.24) is 4.90 Å². The molecule has 0 aliphatic carbocycles. The molecule has 2 fully saturated rings. The Hall–Kier alpha value is -4.77. The molecular weight excluding hydrogens is 695 g/mol. The second kappa shape index (κ2) is 15.5. The summed E-state index contributed by atoms with van der Waals surface area (Å²) in [6.07, 6.45) is 1.74. The molecule has 1 spiro atoms. The molecule has 54 heavy (non-hydrogen) atoms. The lowest BCUT2D eigenvalue weighted by atomic mass is 9.82. The van der Waals surface area contributed by atoms with Crippen LogP contribution in [0.5, 0.6) is 5.75 Å². The Morgan fingerprint density at radius 1 is 0.944 bits per heavy atom. The number of nitrogens with zero attached hydrogens (tertiary/aromatic N) is 3. The van der Waals surface area contributed by atoms with E-state index in [1.54, 1.807) is 12.0 Å². The first kappa shape index (κ1) is 37.5. The summed E-state index contributed by atoms with van der Waals surface area (Å²) in [6.45, 7) is 8.09. The molecule has 7 rings (SSSR count). The second-order valence-corrected chi connectivity index (χ2v) is 20.2. The Morgan fingerprint density at radius 3 is 2.28 bits per heavy atom. The van der Waals surface area contributed by atoms with E-state index in [9.17, 15) is 14.7 Å². The Balaban J connectivity index is 1.34. The lowest BCUT2D eigenvalue weighted by molar-refractivity contribution is -0.150. The summed E-state index contributed by atoms with van der Waals surface area (Å²) in [5.74, 6) is 0.245. The fourth-order valence-corrected chi connectivity index (χ4v) is 13.2. The average molecular weight is 746 g/mol. The largest absolute Gasteiger partial charge is 0.497 e. The molecule has 4 atom stereocenters. The van der Waals surface area contributed by atoms with Gasteiger partial charge in [0.2, 0.25) is 11.8 Å². The molecule has 1 N–H and O–H groups in total. The van der Waals surface area contributed by atoms with Crippen molar-refractivity contribution in [2.45, 2.75) is 76.0 Å². The van der Waals surface area contributed by atoms with E-state index in [-0.39, 0.29) is 48.8 Å². The van der Waals surface area contributed by atoms with Crippen LogP contribution in [0.1, 0.15) is 49.3 Å².